The van der Waals surface area contributed by atoms with Crippen molar-refractivity contribution in [3.63, 3.8) is 0 Å². The number of anilines is 1. The lowest BCUT2D eigenvalue weighted by Crippen LogP contribution is -2.16. The minimum atomic E-state index is -0.370. The molecule has 0 aliphatic rings. The van der Waals surface area contributed by atoms with E-state index in [2.05, 4.69) is 10.3 Å². The zero-order valence-corrected chi connectivity index (χ0v) is 17.0. The predicted octanol–water partition coefficient (Wildman–Crippen LogP) is 6.37. The van der Waals surface area contributed by atoms with Crippen LogP contribution in [0.2, 0.25) is 5.02 Å². The van der Waals surface area contributed by atoms with Crippen molar-refractivity contribution in [2.45, 2.75) is 0 Å². The highest BCUT2D eigenvalue weighted by atomic mass is 35.5. The summed E-state index contributed by atoms with van der Waals surface area (Å²) >= 11 is 11.4. The van der Waals surface area contributed by atoms with Crippen molar-refractivity contribution in [3.05, 3.63) is 100 Å². The molecule has 3 aromatic carbocycles. The van der Waals surface area contributed by atoms with Crippen LogP contribution in [0.25, 0.3) is 5.69 Å². The molecule has 30 heavy (non-hydrogen) atoms. The second-order valence-electron chi connectivity index (χ2n) is 6.30. The number of hydrogen-bond acceptors (Lipinski definition) is 3. The molecule has 0 spiro atoms. The standard InChI is InChI=1S/C22H15ClFN3O2S/c23-18-3-1-2-4-20(18)29-17-11-7-15(8-12-17)26-21(28)19-13-25-22(30)27(19)16-9-5-14(24)6-10-16/h1-13H,(H,25,30)(H,26,28). The number of halogens is 2. The molecule has 0 atom stereocenters. The van der Waals surface area contributed by atoms with Crippen LogP contribution < -0.4 is 10.1 Å². The second-order valence-corrected chi connectivity index (χ2v) is 7.10. The topological polar surface area (TPSA) is 59.0 Å². The summed E-state index contributed by atoms with van der Waals surface area (Å²) in [4.78, 5) is 15.6. The lowest BCUT2D eigenvalue weighted by molar-refractivity contribution is 0.102. The van der Waals surface area contributed by atoms with E-state index in [1.165, 1.54) is 18.3 Å². The summed E-state index contributed by atoms with van der Waals surface area (Å²) in [7, 11) is 0. The second kappa shape index (κ2) is 8.52. The minimum Gasteiger partial charge on any atom is -0.456 e. The van der Waals surface area contributed by atoms with Crippen LogP contribution >= 0.6 is 23.8 Å². The van der Waals surface area contributed by atoms with Gasteiger partial charge < -0.3 is 15.0 Å². The third-order valence-corrected chi connectivity index (χ3v) is 4.88. The number of benzene rings is 3. The molecule has 4 rings (SSSR count). The Morgan fingerprint density at radius 2 is 1.73 bits per heavy atom. The molecule has 0 bridgehead atoms. The quantitative estimate of drug-likeness (QED) is 0.355. The molecule has 4 aromatic rings. The van der Waals surface area contributed by atoms with Gasteiger partial charge in [-0.2, -0.15) is 0 Å². The highest BCUT2D eigenvalue weighted by Gasteiger charge is 2.15. The van der Waals surface area contributed by atoms with Crippen molar-refractivity contribution in [3.8, 4) is 17.2 Å². The van der Waals surface area contributed by atoms with Crippen molar-refractivity contribution in [1.29, 1.82) is 0 Å². The van der Waals surface area contributed by atoms with E-state index in [9.17, 15) is 9.18 Å². The number of rotatable bonds is 5. The Morgan fingerprint density at radius 1 is 1.03 bits per heavy atom. The number of hydrogen-bond donors (Lipinski definition) is 2. The van der Waals surface area contributed by atoms with Gasteiger partial charge >= 0.3 is 0 Å². The van der Waals surface area contributed by atoms with Crippen LogP contribution in [0.5, 0.6) is 11.5 Å². The number of carbonyl (C=O) groups is 1. The van der Waals surface area contributed by atoms with Crippen molar-refractivity contribution < 1.29 is 13.9 Å². The van der Waals surface area contributed by atoms with Gasteiger partial charge in [-0.15, -0.1) is 0 Å². The first kappa shape index (κ1) is 19.9. The van der Waals surface area contributed by atoms with Gasteiger partial charge in [0.1, 0.15) is 23.0 Å². The fourth-order valence-corrected chi connectivity index (χ4v) is 3.28. The van der Waals surface area contributed by atoms with Crippen molar-refractivity contribution >= 4 is 35.4 Å². The Labute approximate surface area is 181 Å². The molecule has 1 heterocycles. The summed E-state index contributed by atoms with van der Waals surface area (Å²) in [6.07, 6.45) is 1.51. The van der Waals surface area contributed by atoms with Gasteiger partial charge in [-0.05, 0) is 72.9 Å². The van der Waals surface area contributed by atoms with Gasteiger partial charge in [0.15, 0.2) is 4.77 Å². The molecule has 0 radical (unpaired) electrons. The average Bonchev–Trinajstić information content (AvgIpc) is 3.13. The molecule has 0 aliphatic carbocycles. The number of aromatic amines is 1. The van der Waals surface area contributed by atoms with Gasteiger partial charge in [0.25, 0.3) is 5.91 Å². The largest absolute Gasteiger partial charge is 0.456 e. The predicted molar refractivity (Wildman–Crippen MR) is 117 cm³/mol. The average molecular weight is 440 g/mol. The first-order valence-corrected chi connectivity index (χ1v) is 9.70. The van der Waals surface area contributed by atoms with E-state index in [1.807, 2.05) is 12.1 Å². The maximum Gasteiger partial charge on any atom is 0.274 e. The van der Waals surface area contributed by atoms with E-state index < -0.39 is 0 Å². The lowest BCUT2D eigenvalue weighted by Gasteiger charge is -2.10. The molecule has 5 nitrogen and oxygen atoms in total. The Bertz CT molecular complexity index is 1250. The fraction of sp³-hybridized carbons (Fsp3) is 0. The van der Waals surface area contributed by atoms with Crippen molar-refractivity contribution in [2.24, 2.45) is 0 Å². The van der Waals surface area contributed by atoms with E-state index in [4.69, 9.17) is 28.6 Å². The minimum absolute atomic E-state index is 0.294. The van der Waals surface area contributed by atoms with E-state index in [0.29, 0.717) is 38.4 Å². The third-order valence-electron chi connectivity index (χ3n) is 4.27. The molecule has 8 heteroatoms. The molecule has 2 N–H and O–H groups in total. The summed E-state index contributed by atoms with van der Waals surface area (Å²) in [5, 5.41) is 3.32. The van der Waals surface area contributed by atoms with E-state index >= 15 is 0 Å². The number of carbonyl (C=O) groups excluding carboxylic acids is 1. The van der Waals surface area contributed by atoms with Crippen molar-refractivity contribution in [1.82, 2.24) is 9.55 Å². The molecular formula is C22H15ClFN3O2S. The lowest BCUT2D eigenvalue weighted by atomic mass is 10.2. The Hall–Kier alpha value is -3.42. The summed E-state index contributed by atoms with van der Waals surface area (Å²) in [5.41, 5.74) is 1.45. The molecule has 1 aromatic heterocycles. The molecule has 0 saturated carbocycles. The Kier molecular flexibility index (Phi) is 5.65. The molecule has 150 valence electrons. The number of imidazole rings is 1. The number of nitrogens with one attached hydrogen (secondary N) is 2. The van der Waals surface area contributed by atoms with Gasteiger partial charge in [0.2, 0.25) is 0 Å². The Morgan fingerprint density at radius 3 is 2.43 bits per heavy atom. The van der Waals surface area contributed by atoms with Crippen LogP contribution in [-0.2, 0) is 0 Å². The SMILES string of the molecule is O=C(Nc1ccc(Oc2ccccc2Cl)cc1)c1c[nH]c(=S)n1-c1ccc(F)cc1. The van der Waals surface area contributed by atoms with Crippen LogP contribution in [-0.4, -0.2) is 15.5 Å². The van der Waals surface area contributed by atoms with Gasteiger partial charge in [-0.3, -0.25) is 9.36 Å². The Balaban J connectivity index is 1.52. The molecule has 1 amide bonds. The monoisotopic (exact) mass is 439 g/mol. The highest BCUT2D eigenvalue weighted by molar-refractivity contribution is 7.71. The van der Waals surface area contributed by atoms with Crippen LogP contribution in [0.1, 0.15) is 10.5 Å². The van der Waals surface area contributed by atoms with Gasteiger partial charge in [-0.1, -0.05) is 23.7 Å². The molecule has 0 fully saturated rings. The first-order chi connectivity index (χ1) is 14.5. The normalized spacial score (nSPS) is 10.6. The number of amides is 1. The number of aromatic nitrogens is 2. The number of para-hydroxylation sites is 1. The van der Waals surface area contributed by atoms with E-state index in [0.717, 1.165) is 0 Å². The fourth-order valence-electron chi connectivity index (χ4n) is 2.84. The van der Waals surface area contributed by atoms with E-state index in [-0.39, 0.29) is 11.7 Å². The third kappa shape index (κ3) is 4.27. The summed E-state index contributed by atoms with van der Waals surface area (Å²) in [6.45, 7) is 0. The van der Waals surface area contributed by atoms with Gasteiger partial charge in [0, 0.05) is 17.6 Å². The molecule has 0 unspecified atom stereocenters. The van der Waals surface area contributed by atoms with Crippen molar-refractivity contribution in [2.75, 3.05) is 5.32 Å². The van der Waals surface area contributed by atoms with E-state index in [1.54, 1.807) is 53.1 Å². The smallest absolute Gasteiger partial charge is 0.274 e. The molecular weight excluding hydrogens is 425 g/mol. The highest BCUT2D eigenvalue weighted by Crippen LogP contribution is 2.29. The number of ether oxygens (including phenoxy) is 1. The first-order valence-electron chi connectivity index (χ1n) is 8.91. The zero-order valence-electron chi connectivity index (χ0n) is 15.4. The van der Waals surface area contributed by atoms with Crippen LogP contribution in [0.15, 0.2) is 79.0 Å². The van der Waals surface area contributed by atoms with Crippen LogP contribution in [0.3, 0.4) is 0 Å². The van der Waals surface area contributed by atoms with Gasteiger partial charge in [-0.25, -0.2) is 4.39 Å². The van der Waals surface area contributed by atoms with Crippen LogP contribution in [0, 0.1) is 10.6 Å². The maximum absolute atomic E-state index is 13.2. The summed E-state index contributed by atoms with van der Waals surface area (Å²) in [5.74, 6) is 0.385. The summed E-state index contributed by atoms with van der Waals surface area (Å²) < 4.78 is 20.8. The van der Waals surface area contributed by atoms with Crippen LogP contribution in [0.4, 0.5) is 10.1 Å². The number of H-pyrrole nitrogens is 1. The van der Waals surface area contributed by atoms with Gasteiger partial charge in [0.05, 0.1) is 5.02 Å². The maximum atomic E-state index is 13.2. The number of nitrogens with zero attached hydrogens (tertiary/aromatic N) is 1. The zero-order chi connectivity index (χ0) is 21.1. The molecule has 0 aliphatic heterocycles. The molecule has 0 saturated heterocycles. The summed E-state index contributed by atoms with van der Waals surface area (Å²) in [6, 6.07) is 19.8.